The van der Waals surface area contributed by atoms with Gasteiger partial charge < -0.3 is 15.8 Å². The highest BCUT2D eigenvalue weighted by Gasteiger charge is 2.19. The Labute approximate surface area is 118 Å². The van der Waals surface area contributed by atoms with Gasteiger partial charge >= 0.3 is 0 Å². The van der Waals surface area contributed by atoms with Gasteiger partial charge in [0.05, 0.1) is 0 Å². The molecule has 0 saturated heterocycles. The molecule has 1 aromatic rings. The van der Waals surface area contributed by atoms with Crippen LogP contribution in [-0.4, -0.2) is 29.5 Å². The molecular formula is C14H20ClN3O. The summed E-state index contributed by atoms with van der Waals surface area (Å²) in [5.41, 5.74) is 7.24. The first-order chi connectivity index (χ1) is 9.10. The van der Waals surface area contributed by atoms with Gasteiger partial charge in [-0.25, -0.2) is 0 Å². The van der Waals surface area contributed by atoms with Gasteiger partial charge in [0.15, 0.2) is 5.84 Å². The van der Waals surface area contributed by atoms with Crippen molar-refractivity contribution < 1.29 is 5.21 Å². The molecule has 0 bridgehead atoms. The summed E-state index contributed by atoms with van der Waals surface area (Å²) >= 11 is 6.24. The second-order valence-electron chi connectivity index (χ2n) is 5.29. The quantitative estimate of drug-likeness (QED) is 0.377. The summed E-state index contributed by atoms with van der Waals surface area (Å²) in [4.78, 5) is 2.30. The number of nitrogens with two attached hydrogens (primary N) is 1. The van der Waals surface area contributed by atoms with Crippen LogP contribution in [0.25, 0.3) is 0 Å². The summed E-state index contributed by atoms with van der Waals surface area (Å²) in [6.07, 6.45) is 4.06. The molecule has 3 N–H and O–H groups in total. The molecule has 0 aromatic heterocycles. The first kappa shape index (κ1) is 14.2. The van der Waals surface area contributed by atoms with E-state index < -0.39 is 0 Å². The second-order valence-corrected chi connectivity index (χ2v) is 5.69. The molecule has 5 heteroatoms. The van der Waals surface area contributed by atoms with Crippen molar-refractivity contribution in [1.82, 2.24) is 4.90 Å². The minimum Gasteiger partial charge on any atom is -0.409 e. The number of oxime groups is 1. The van der Waals surface area contributed by atoms with Crippen LogP contribution in [-0.2, 0) is 6.54 Å². The highest BCUT2D eigenvalue weighted by molar-refractivity contribution is 6.31. The Morgan fingerprint density at radius 3 is 2.79 bits per heavy atom. The zero-order chi connectivity index (χ0) is 13.8. The number of nitrogens with zero attached hydrogens (tertiary/aromatic N) is 2. The van der Waals surface area contributed by atoms with E-state index in [0.717, 1.165) is 24.6 Å². The van der Waals surface area contributed by atoms with E-state index in [0.29, 0.717) is 10.6 Å². The van der Waals surface area contributed by atoms with Crippen LogP contribution in [0.4, 0.5) is 0 Å². The van der Waals surface area contributed by atoms with E-state index >= 15 is 0 Å². The van der Waals surface area contributed by atoms with Crippen LogP contribution < -0.4 is 5.73 Å². The molecule has 0 unspecified atom stereocenters. The molecule has 1 saturated carbocycles. The maximum atomic E-state index is 8.64. The average Bonchev–Trinajstić information content (AvgIpc) is 2.35. The Bertz CT molecular complexity index is 472. The van der Waals surface area contributed by atoms with Crippen LogP contribution in [0.5, 0.6) is 0 Å². The summed E-state index contributed by atoms with van der Waals surface area (Å²) in [5.74, 6) is 0.927. The van der Waals surface area contributed by atoms with Crippen molar-refractivity contribution in [3.8, 4) is 0 Å². The van der Waals surface area contributed by atoms with Gasteiger partial charge in [0.2, 0.25) is 0 Å². The van der Waals surface area contributed by atoms with Gasteiger partial charge in [-0.3, -0.25) is 0 Å². The van der Waals surface area contributed by atoms with Gasteiger partial charge in [-0.05, 0) is 37.4 Å². The van der Waals surface area contributed by atoms with E-state index in [2.05, 4.69) is 17.1 Å². The van der Waals surface area contributed by atoms with Crippen molar-refractivity contribution in [2.45, 2.75) is 25.8 Å². The Morgan fingerprint density at radius 2 is 2.26 bits per heavy atom. The molecule has 0 spiro atoms. The maximum Gasteiger partial charge on any atom is 0.170 e. The molecule has 1 fully saturated rings. The molecular weight excluding hydrogens is 262 g/mol. The lowest BCUT2D eigenvalue weighted by atomic mass is 9.85. The summed E-state index contributed by atoms with van der Waals surface area (Å²) in [6, 6.07) is 5.50. The maximum absolute atomic E-state index is 8.64. The third-order valence-corrected chi connectivity index (χ3v) is 4.04. The zero-order valence-corrected chi connectivity index (χ0v) is 11.9. The number of hydrogen-bond acceptors (Lipinski definition) is 3. The van der Waals surface area contributed by atoms with Crippen LogP contribution in [0.1, 0.15) is 30.4 Å². The molecule has 19 heavy (non-hydrogen) atoms. The van der Waals surface area contributed by atoms with E-state index in [1.165, 1.54) is 19.3 Å². The second kappa shape index (κ2) is 6.26. The average molecular weight is 282 g/mol. The fourth-order valence-electron chi connectivity index (χ4n) is 2.36. The molecule has 0 atom stereocenters. The molecule has 0 heterocycles. The fourth-order valence-corrected chi connectivity index (χ4v) is 2.60. The highest BCUT2D eigenvalue weighted by atomic mass is 35.5. The number of benzene rings is 1. The SMILES string of the molecule is CN(Cc1ccc(/C(N)=N/O)cc1Cl)CC1CCC1. The molecule has 0 aliphatic heterocycles. The van der Waals surface area contributed by atoms with E-state index in [-0.39, 0.29) is 5.84 Å². The van der Waals surface area contributed by atoms with Gasteiger partial charge in [0.25, 0.3) is 0 Å². The normalized spacial score (nSPS) is 16.7. The number of rotatable bonds is 5. The van der Waals surface area contributed by atoms with Gasteiger partial charge in [0.1, 0.15) is 0 Å². The number of halogens is 1. The van der Waals surface area contributed by atoms with Crippen molar-refractivity contribution >= 4 is 17.4 Å². The predicted molar refractivity (Wildman–Crippen MR) is 77.6 cm³/mol. The Hall–Kier alpha value is -1.26. The van der Waals surface area contributed by atoms with E-state index in [4.69, 9.17) is 22.5 Å². The van der Waals surface area contributed by atoms with E-state index in [9.17, 15) is 0 Å². The number of amidine groups is 1. The van der Waals surface area contributed by atoms with Crippen LogP contribution in [0.2, 0.25) is 5.02 Å². The van der Waals surface area contributed by atoms with Crippen LogP contribution >= 0.6 is 11.6 Å². The van der Waals surface area contributed by atoms with E-state index in [1.54, 1.807) is 6.07 Å². The predicted octanol–water partition coefficient (Wildman–Crippen LogP) is 2.67. The summed E-state index contributed by atoms with van der Waals surface area (Å²) in [5, 5.41) is 12.3. The van der Waals surface area contributed by atoms with Crippen LogP contribution in [0.3, 0.4) is 0 Å². The highest BCUT2D eigenvalue weighted by Crippen LogP contribution is 2.27. The van der Waals surface area contributed by atoms with Gasteiger partial charge in [-0.15, -0.1) is 0 Å². The standard InChI is InChI=1S/C14H20ClN3O/c1-18(8-10-3-2-4-10)9-12-6-5-11(7-13(12)15)14(16)17-19/h5-7,10,19H,2-4,8-9H2,1H3,(H2,16,17). The topological polar surface area (TPSA) is 61.8 Å². The molecule has 1 aromatic carbocycles. The van der Waals surface area contributed by atoms with Crippen molar-refractivity contribution in [3.05, 3.63) is 34.3 Å². The smallest absolute Gasteiger partial charge is 0.170 e. The van der Waals surface area contributed by atoms with Gasteiger partial charge in [-0.2, -0.15) is 0 Å². The van der Waals surface area contributed by atoms with Gasteiger partial charge in [0, 0.05) is 23.7 Å². The lowest BCUT2D eigenvalue weighted by Crippen LogP contribution is -2.29. The number of hydrogen-bond donors (Lipinski definition) is 2. The van der Waals surface area contributed by atoms with Crippen molar-refractivity contribution in [2.24, 2.45) is 16.8 Å². The molecule has 0 amide bonds. The Kier molecular flexibility index (Phi) is 4.66. The van der Waals surface area contributed by atoms with Gasteiger partial charge in [-0.1, -0.05) is 35.3 Å². The lowest BCUT2D eigenvalue weighted by Gasteiger charge is -2.30. The van der Waals surface area contributed by atoms with Crippen molar-refractivity contribution in [3.63, 3.8) is 0 Å². The van der Waals surface area contributed by atoms with Crippen molar-refractivity contribution in [1.29, 1.82) is 0 Å². The van der Waals surface area contributed by atoms with E-state index in [1.807, 2.05) is 12.1 Å². The summed E-state index contributed by atoms with van der Waals surface area (Å²) in [6.45, 7) is 1.95. The molecule has 104 valence electrons. The molecule has 1 aliphatic rings. The summed E-state index contributed by atoms with van der Waals surface area (Å²) < 4.78 is 0. The molecule has 0 radical (unpaired) electrons. The summed E-state index contributed by atoms with van der Waals surface area (Å²) in [7, 11) is 2.12. The third-order valence-electron chi connectivity index (χ3n) is 3.69. The van der Waals surface area contributed by atoms with Crippen LogP contribution in [0, 0.1) is 5.92 Å². The minimum absolute atomic E-state index is 0.0799. The molecule has 4 nitrogen and oxygen atoms in total. The fraction of sp³-hybridized carbons (Fsp3) is 0.500. The molecule has 1 aliphatic carbocycles. The zero-order valence-electron chi connectivity index (χ0n) is 11.1. The third kappa shape index (κ3) is 3.61. The first-order valence-corrected chi connectivity index (χ1v) is 6.93. The molecule has 2 rings (SSSR count). The minimum atomic E-state index is 0.0799. The first-order valence-electron chi connectivity index (χ1n) is 6.55. The van der Waals surface area contributed by atoms with Crippen LogP contribution in [0.15, 0.2) is 23.4 Å². The lowest BCUT2D eigenvalue weighted by molar-refractivity contribution is 0.200. The Morgan fingerprint density at radius 1 is 1.53 bits per heavy atom. The monoisotopic (exact) mass is 281 g/mol. The Balaban J connectivity index is 1.99. The largest absolute Gasteiger partial charge is 0.409 e. The van der Waals surface area contributed by atoms with Crippen molar-refractivity contribution in [2.75, 3.05) is 13.6 Å².